The number of rotatable bonds is 7. The van der Waals surface area contributed by atoms with E-state index in [1.165, 1.54) is 23.7 Å². The third kappa shape index (κ3) is 5.10. The van der Waals surface area contributed by atoms with E-state index in [1.807, 2.05) is 0 Å². The van der Waals surface area contributed by atoms with E-state index in [2.05, 4.69) is 20.0 Å². The largest absolute Gasteiger partial charge is 0.490 e. The smallest absolute Gasteiger partial charge is 0.427 e. The highest BCUT2D eigenvalue weighted by molar-refractivity contribution is 5.94. The van der Waals surface area contributed by atoms with Crippen LogP contribution < -0.4 is 16.8 Å². The van der Waals surface area contributed by atoms with Crippen LogP contribution in [0.2, 0.25) is 0 Å². The monoisotopic (exact) mass is 614 g/mol. The molecule has 1 aliphatic heterocycles. The van der Waals surface area contributed by atoms with Crippen LogP contribution in [0.25, 0.3) is 16.9 Å². The van der Waals surface area contributed by atoms with Gasteiger partial charge in [0.15, 0.2) is 11.5 Å². The van der Waals surface area contributed by atoms with Gasteiger partial charge in [-0.3, -0.25) is 14.0 Å². The Morgan fingerprint density at radius 1 is 1.16 bits per heavy atom. The fraction of sp³-hybridized carbons (Fsp3) is 0.423. The lowest BCUT2D eigenvalue weighted by molar-refractivity contribution is -0.280. The molecule has 1 aliphatic carbocycles. The van der Waals surface area contributed by atoms with Crippen LogP contribution in [0, 0.1) is 12.8 Å². The van der Waals surface area contributed by atoms with E-state index in [0.29, 0.717) is 31.8 Å². The Hall–Kier alpha value is -4.41. The van der Waals surface area contributed by atoms with Gasteiger partial charge in [0.1, 0.15) is 5.69 Å². The van der Waals surface area contributed by atoms with Crippen LogP contribution in [0.15, 0.2) is 30.6 Å². The third-order valence-corrected chi connectivity index (χ3v) is 7.67. The summed E-state index contributed by atoms with van der Waals surface area (Å²) in [5.74, 6) is -6.22. The van der Waals surface area contributed by atoms with E-state index < -0.39 is 46.8 Å². The zero-order valence-electron chi connectivity index (χ0n) is 22.3. The molecule has 1 saturated carbocycles. The number of primary amides is 1. The zero-order chi connectivity index (χ0) is 31.5. The van der Waals surface area contributed by atoms with Crippen molar-refractivity contribution in [2.24, 2.45) is 11.7 Å². The van der Waals surface area contributed by atoms with Gasteiger partial charge in [-0.15, -0.1) is 0 Å². The second kappa shape index (κ2) is 10.1. The van der Waals surface area contributed by atoms with Crippen LogP contribution in [-0.4, -0.2) is 63.3 Å². The Bertz CT molecular complexity index is 1630. The second-order valence-electron chi connectivity index (χ2n) is 10.5. The molecule has 1 aromatic carbocycles. The standard InChI is InChI=1S/C26H24F6N6O5/c1-12-2-3-14(24(21(34)40,26(30,31)32)43-22(41)25(27,28)29)8-15(12)17-9-35-19-18(33)36-16(10-38(17)19)20(39)37-23(13-4-5-13)6-7-42-11-23/h2-3,8-10,13H,4-7,11H2,1H3,(H2,33,36)(H2,34,40)(H,37,39). The molecule has 17 heteroatoms. The molecular weight excluding hydrogens is 590 g/mol. The fourth-order valence-electron chi connectivity index (χ4n) is 5.28. The lowest BCUT2D eigenvalue weighted by atomic mass is 9.88. The first-order valence-electron chi connectivity index (χ1n) is 12.8. The van der Waals surface area contributed by atoms with E-state index in [1.54, 1.807) is 0 Å². The number of nitrogens with one attached hydrogen (secondary N) is 1. The molecule has 0 bridgehead atoms. The molecule has 2 aliphatic rings. The Morgan fingerprint density at radius 3 is 2.42 bits per heavy atom. The number of nitrogen functional groups attached to an aromatic ring is 1. The predicted octanol–water partition coefficient (Wildman–Crippen LogP) is 2.93. The molecule has 0 spiro atoms. The van der Waals surface area contributed by atoms with Gasteiger partial charge >= 0.3 is 23.9 Å². The summed E-state index contributed by atoms with van der Waals surface area (Å²) in [5, 5.41) is 2.98. The molecule has 2 fully saturated rings. The lowest BCUT2D eigenvalue weighted by Crippen LogP contribution is -2.57. The summed E-state index contributed by atoms with van der Waals surface area (Å²) < 4.78 is 92.4. The Morgan fingerprint density at radius 2 is 1.86 bits per heavy atom. The van der Waals surface area contributed by atoms with Gasteiger partial charge in [-0.05, 0) is 43.7 Å². The molecule has 3 heterocycles. The number of esters is 1. The number of hydrogen-bond acceptors (Lipinski definition) is 8. The first kappa shape index (κ1) is 30.1. The Balaban J connectivity index is 1.61. The van der Waals surface area contributed by atoms with Crippen LogP contribution >= 0.6 is 0 Å². The summed E-state index contributed by atoms with van der Waals surface area (Å²) in [7, 11) is 0. The lowest BCUT2D eigenvalue weighted by Gasteiger charge is -2.33. The first-order chi connectivity index (χ1) is 20.0. The average Bonchev–Trinajstić information content (AvgIpc) is 3.52. The first-order valence-corrected chi connectivity index (χ1v) is 12.8. The van der Waals surface area contributed by atoms with Crippen molar-refractivity contribution in [3.63, 3.8) is 0 Å². The highest BCUT2D eigenvalue weighted by Gasteiger charge is 2.66. The van der Waals surface area contributed by atoms with Crippen molar-refractivity contribution in [2.45, 2.75) is 49.7 Å². The number of nitrogens with zero attached hydrogens (tertiary/aromatic N) is 3. The minimum absolute atomic E-state index is 0.0120. The number of benzene rings is 1. The summed E-state index contributed by atoms with van der Waals surface area (Å²) in [6.07, 6.45) is -6.90. The van der Waals surface area contributed by atoms with Crippen molar-refractivity contribution in [3.8, 4) is 11.3 Å². The van der Waals surface area contributed by atoms with Crippen molar-refractivity contribution in [1.82, 2.24) is 19.7 Å². The highest BCUT2D eigenvalue weighted by Crippen LogP contribution is 2.46. The van der Waals surface area contributed by atoms with Gasteiger partial charge in [0.05, 0.1) is 24.0 Å². The molecule has 3 aromatic rings. The maximum absolute atomic E-state index is 14.3. The number of carbonyl (C=O) groups excluding carboxylic acids is 3. The number of carbonyl (C=O) groups is 3. The average molecular weight is 615 g/mol. The summed E-state index contributed by atoms with van der Waals surface area (Å²) in [6, 6.07) is 2.43. The van der Waals surface area contributed by atoms with E-state index in [4.69, 9.17) is 16.2 Å². The van der Waals surface area contributed by atoms with Gasteiger partial charge in [0, 0.05) is 23.9 Å². The van der Waals surface area contributed by atoms with Crippen LogP contribution in [0.1, 0.15) is 40.9 Å². The van der Waals surface area contributed by atoms with Crippen LogP contribution in [0.4, 0.5) is 32.2 Å². The summed E-state index contributed by atoms with van der Waals surface area (Å²) in [4.78, 5) is 45.3. The third-order valence-electron chi connectivity index (χ3n) is 7.67. The van der Waals surface area contributed by atoms with E-state index in [-0.39, 0.29) is 39.9 Å². The van der Waals surface area contributed by atoms with Gasteiger partial charge in [-0.1, -0.05) is 12.1 Å². The zero-order valence-corrected chi connectivity index (χ0v) is 22.3. The number of hydrogen-bond donors (Lipinski definition) is 3. The molecule has 2 atom stereocenters. The minimum Gasteiger partial charge on any atom is -0.427 e. The minimum atomic E-state index is -5.90. The van der Waals surface area contributed by atoms with Crippen molar-refractivity contribution < 1.29 is 50.2 Å². The number of amides is 2. The number of alkyl halides is 6. The SMILES string of the molecule is Cc1ccc(C(OC(=O)C(F)(F)F)(C(N)=O)C(F)(F)F)cc1-c1cnc2c(N)nc(C(=O)NC3(C4CC4)CCOC3)cn12. The van der Waals surface area contributed by atoms with E-state index >= 15 is 0 Å². The summed E-state index contributed by atoms with van der Waals surface area (Å²) in [5.41, 5.74) is 4.82. The number of ether oxygens (including phenoxy) is 2. The molecule has 2 aromatic heterocycles. The number of aromatic nitrogens is 3. The summed E-state index contributed by atoms with van der Waals surface area (Å²) >= 11 is 0. The number of fused-ring (bicyclic) bond motifs is 1. The molecule has 0 radical (unpaired) electrons. The number of anilines is 1. The fourth-order valence-corrected chi connectivity index (χ4v) is 5.28. The Labute approximate surface area is 238 Å². The number of imidazole rings is 1. The highest BCUT2D eigenvalue weighted by atomic mass is 19.4. The quantitative estimate of drug-likeness (QED) is 0.270. The predicted molar refractivity (Wildman–Crippen MR) is 135 cm³/mol. The molecule has 11 nitrogen and oxygen atoms in total. The Kier molecular flexibility index (Phi) is 7.06. The molecule has 1 saturated heterocycles. The molecular formula is C26H24F6N6O5. The topological polar surface area (TPSA) is 164 Å². The van der Waals surface area contributed by atoms with Gasteiger partial charge in [0.2, 0.25) is 0 Å². The maximum Gasteiger partial charge on any atom is 0.490 e. The van der Waals surface area contributed by atoms with Crippen molar-refractivity contribution >= 4 is 29.2 Å². The van der Waals surface area contributed by atoms with E-state index in [0.717, 1.165) is 18.9 Å². The van der Waals surface area contributed by atoms with Crippen LogP contribution in [-0.2, 0) is 24.7 Å². The van der Waals surface area contributed by atoms with Crippen molar-refractivity contribution in [2.75, 3.05) is 18.9 Å². The van der Waals surface area contributed by atoms with Crippen molar-refractivity contribution in [1.29, 1.82) is 0 Å². The number of halogens is 6. The summed E-state index contributed by atoms with van der Waals surface area (Å²) in [6.45, 7) is 2.25. The van der Waals surface area contributed by atoms with Gasteiger partial charge < -0.3 is 26.3 Å². The van der Waals surface area contributed by atoms with Crippen LogP contribution in [0.5, 0.6) is 0 Å². The molecule has 230 valence electrons. The normalized spacial score (nSPS) is 20.5. The molecule has 5 N–H and O–H groups in total. The maximum atomic E-state index is 14.3. The molecule has 43 heavy (non-hydrogen) atoms. The molecule has 5 rings (SSSR count). The number of nitrogens with two attached hydrogens (primary N) is 2. The number of aryl methyl sites for hydroxylation is 1. The van der Waals surface area contributed by atoms with E-state index in [9.17, 15) is 40.7 Å². The van der Waals surface area contributed by atoms with Gasteiger partial charge in [-0.25, -0.2) is 14.8 Å². The molecule has 2 amide bonds. The van der Waals surface area contributed by atoms with Crippen LogP contribution in [0.3, 0.4) is 0 Å². The van der Waals surface area contributed by atoms with Gasteiger partial charge in [0.25, 0.3) is 11.8 Å². The second-order valence-corrected chi connectivity index (χ2v) is 10.5. The van der Waals surface area contributed by atoms with Gasteiger partial charge in [-0.2, -0.15) is 26.3 Å². The molecule has 2 unspecified atom stereocenters. The van der Waals surface area contributed by atoms with Crippen molar-refractivity contribution in [3.05, 3.63) is 47.4 Å².